The third kappa shape index (κ3) is 2.72. The molecule has 1 aliphatic rings. The lowest BCUT2D eigenvalue weighted by Gasteiger charge is -2.27. The van der Waals surface area contributed by atoms with E-state index in [1.165, 1.54) is 0 Å². The maximum absolute atomic E-state index is 12.3. The molecule has 0 spiro atoms. The van der Waals surface area contributed by atoms with Crippen LogP contribution in [0, 0.1) is 5.41 Å². The van der Waals surface area contributed by atoms with Crippen molar-refractivity contribution in [2.45, 2.75) is 33.2 Å². The van der Waals surface area contributed by atoms with E-state index in [-0.39, 0.29) is 18.7 Å². The predicted octanol–water partition coefficient (Wildman–Crippen LogP) is 1.97. The van der Waals surface area contributed by atoms with Gasteiger partial charge >= 0.3 is 0 Å². The van der Waals surface area contributed by atoms with Gasteiger partial charge in [0.05, 0.1) is 11.5 Å². The van der Waals surface area contributed by atoms with Gasteiger partial charge in [0, 0.05) is 6.54 Å². The average molecular weight is 278 g/mol. The molecule has 20 heavy (non-hydrogen) atoms. The van der Waals surface area contributed by atoms with Gasteiger partial charge in [-0.3, -0.25) is 4.79 Å². The second-order valence-electron chi connectivity index (χ2n) is 5.43. The van der Waals surface area contributed by atoms with Gasteiger partial charge < -0.3 is 20.5 Å². The zero-order chi connectivity index (χ0) is 14.8. The predicted molar refractivity (Wildman–Crippen MR) is 76.6 cm³/mol. The van der Waals surface area contributed by atoms with Crippen LogP contribution in [-0.2, 0) is 4.79 Å². The Hall–Kier alpha value is -1.75. The minimum Gasteiger partial charge on any atom is -0.454 e. The summed E-state index contributed by atoms with van der Waals surface area (Å²) < 4.78 is 10.6. The molecule has 0 radical (unpaired) electrons. The van der Waals surface area contributed by atoms with E-state index in [0.717, 1.165) is 17.1 Å². The first-order chi connectivity index (χ1) is 9.50. The van der Waals surface area contributed by atoms with E-state index in [1.54, 1.807) is 0 Å². The number of fused-ring (bicyclic) bond motifs is 1. The number of hydrogen-bond donors (Lipinski definition) is 2. The summed E-state index contributed by atoms with van der Waals surface area (Å²) in [5.74, 6) is 1.45. The second kappa shape index (κ2) is 5.71. The molecule has 1 aromatic carbocycles. The molecule has 5 heteroatoms. The summed E-state index contributed by atoms with van der Waals surface area (Å²) in [7, 11) is 0. The van der Waals surface area contributed by atoms with Crippen LogP contribution in [0.1, 0.15) is 38.8 Å². The van der Waals surface area contributed by atoms with Crippen LogP contribution >= 0.6 is 0 Å². The van der Waals surface area contributed by atoms with Gasteiger partial charge in [-0.15, -0.1) is 0 Å². The molecule has 110 valence electrons. The van der Waals surface area contributed by atoms with Crippen molar-refractivity contribution < 1.29 is 14.3 Å². The quantitative estimate of drug-likeness (QED) is 0.863. The number of nitrogens with two attached hydrogens (primary N) is 1. The Kier molecular flexibility index (Phi) is 4.18. The number of hydrogen-bond acceptors (Lipinski definition) is 4. The topological polar surface area (TPSA) is 73.6 Å². The summed E-state index contributed by atoms with van der Waals surface area (Å²) in [5.41, 5.74) is 6.17. The van der Waals surface area contributed by atoms with Crippen molar-refractivity contribution >= 4 is 5.91 Å². The fourth-order valence-corrected chi connectivity index (χ4v) is 2.03. The monoisotopic (exact) mass is 278 g/mol. The Bertz CT molecular complexity index is 498. The molecule has 0 fully saturated rings. The Balaban J connectivity index is 2.08. The van der Waals surface area contributed by atoms with Crippen molar-refractivity contribution in [2.24, 2.45) is 11.1 Å². The van der Waals surface area contributed by atoms with E-state index in [0.29, 0.717) is 13.0 Å². The fraction of sp³-hybridized carbons (Fsp3) is 0.533. The van der Waals surface area contributed by atoms with Gasteiger partial charge in [-0.05, 0) is 38.0 Å². The van der Waals surface area contributed by atoms with E-state index in [4.69, 9.17) is 15.2 Å². The summed E-state index contributed by atoms with van der Waals surface area (Å²) in [4.78, 5) is 12.3. The van der Waals surface area contributed by atoms with Gasteiger partial charge in [0.2, 0.25) is 12.7 Å². The van der Waals surface area contributed by atoms with Crippen molar-refractivity contribution in [1.29, 1.82) is 0 Å². The van der Waals surface area contributed by atoms with Gasteiger partial charge in [-0.25, -0.2) is 0 Å². The van der Waals surface area contributed by atoms with Crippen LogP contribution in [0.2, 0.25) is 0 Å². The zero-order valence-electron chi connectivity index (χ0n) is 12.2. The van der Waals surface area contributed by atoms with Crippen LogP contribution in [0.3, 0.4) is 0 Å². The Morgan fingerprint density at radius 2 is 2.15 bits per heavy atom. The highest BCUT2D eigenvalue weighted by Gasteiger charge is 2.30. The number of benzene rings is 1. The normalized spacial score (nSPS) is 17.4. The van der Waals surface area contributed by atoms with Crippen LogP contribution in [-0.4, -0.2) is 19.2 Å². The van der Waals surface area contributed by atoms with E-state index < -0.39 is 5.41 Å². The molecule has 2 atom stereocenters. The molecule has 0 saturated heterocycles. The number of amides is 1. The molecule has 3 N–H and O–H groups in total. The fourth-order valence-electron chi connectivity index (χ4n) is 2.03. The van der Waals surface area contributed by atoms with Crippen LogP contribution in [0.15, 0.2) is 18.2 Å². The maximum atomic E-state index is 12.3. The van der Waals surface area contributed by atoms with E-state index in [2.05, 4.69) is 5.32 Å². The minimum absolute atomic E-state index is 0.0207. The number of nitrogens with one attached hydrogen (secondary N) is 1. The summed E-state index contributed by atoms with van der Waals surface area (Å²) in [6.45, 7) is 6.39. The second-order valence-corrected chi connectivity index (χ2v) is 5.43. The summed E-state index contributed by atoms with van der Waals surface area (Å²) in [5, 5.41) is 3.01. The molecular weight excluding hydrogens is 256 g/mol. The lowest BCUT2D eigenvalue weighted by molar-refractivity contribution is -0.130. The highest BCUT2D eigenvalue weighted by molar-refractivity contribution is 5.82. The number of ether oxygens (including phenoxy) is 2. The Morgan fingerprint density at radius 3 is 2.80 bits per heavy atom. The molecule has 1 aliphatic heterocycles. The van der Waals surface area contributed by atoms with E-state index in [1.807, 2.05) is 39.0 Å². The van der Waals surface area contributed by atoms with Crippen LogP contribution in [0.25, 0.3) is 0 Å². The molecule has 0 aromatic heterocycles. The van der Waals surface area contributed by atoms with Gasteiger partial charge in [-0.2, -0.15) is 0 Å². The Labute approximate surface area is 119 Å². The lowest BCUT2D eigenvalue weighted by Crippen LogP contribution is -2.44. The number of carbonyl (C=O) groups excluding carboxylic acids is 1. The molecule has 5 nitrogen and oxygen atoms in total. The Morgan fingerprint density at radius 1 is 1.45 bits per heavy atom. The van der Waals surface area contributed by atoms with Gasteiger partial charge in [0.1, 0.15) is 0 Å². The van der Waals surface area contributed by atoms with Crippen molar-refractivity contribution in [1.82, 2.24) is 5.32 Å². The molecule has 1 amide bonds. The first-order valence-corrected chi connectivity index (χ1v) is 6.90. The first-order valence-electron chi connectivity index (χ1n) is 6.90. The summed E-state index contributed by atoms with van der Waals surface area (Å²) in [6, 6.07) is 5.60. The lowest BCUT2D eigenvalue weighted by atomic mass is 9.86. The standard InChI is InChI=1S/C15H22N2O3/c1-4-15(3,8-16)14(18)17-10(2)11-5-6-12-13(7-11)20-9-19-12/h5-7,10H,4,8-9,16H2,1-3H3,(H,17,18). The maximum Gasteiger partial charge on any atom is 0.231 e. The van der Waals surface area contributed by atoms with Gasteiger partial charge in [0.15, 0.2) is 11.5 Å². The highest BCUT2D eigenvalue weighted by atomic mass is 16.7. The molecule has 1 heterocycles. The van der Waals surface area contributed by atoms with Crippen LogP contribution in [0.5, 0.6) is 11.5 Å². The molecule has 0 aliphatic carbocycles. The van der Waals surface area contributed by atoms with E-state index >= 15 is 0 Å². The first kappa shape index (κ1) is 14.7. The molecule has 2 rings (SSSR count). The summed E-state index contributed by atoms with van der Waals surface area (Å²) in [6.07, 6.45) is 0.712. The smallest absolute Gasteiger partial charge is 0.231 e. The molecular formula is C15H22N2O3. The molecule has 1 aromatic rings. The third-order valence-electron chi connectivity index (χ3n) is 4.02. The van der Waals surface area contributed by atoms with Crippen molar-refractivity contribution in [3.05, 3.63) is 23.8 Å². The number of rotatable bonds is 5. The minimum atomic E-state index is -0.523. The highest BCUT2D eigenvalue weighted by Crippen LogP contribution is 2.34. The summed E-state index contributed by atoms with van der Waals surface area (Å²) >= 11 is 0. The van der Waals surface area contributed by atoms with Gasteiger partial charge in [0.25, 0.3) is 0 Å². The van der Waals surface area contributed by atoms with Gasteiger partial charge in [-0.1, -0.05) is 13.0 Å². The number of carbonyl (C=O) groups is 1. The zero-order valence-corrected chi connectivity index (χ0v) is 12.2. The average Bonchev–Trinajstić information content (AvgIpc) is 2.93. The SMILES string of the molecule is CCC(C)(CN)C(=O)NC(C)c1ccc2c(c1)OCO2. The third-order valence-corrected chi connectivity index (χ3v) is 4.02. The molecule has 2 unspecified atom stereocenters. The molecule has 0 saturated carbocycles. The van der Waals surface area contributed by atoms with Crippen molar-refractivity contribution in [2.75, 3.05) is 13.3 Å². The van der Waals surface area contributed by atoms with E-state index in [9.17, 15) is 4.79 Å². The molecule has 0 bridgehead atoms. The van der Waals surface area contributed by atoms with Crippen molar-refractivity contribution in [3.8, 4) is 11.5 Å². The van der Waals surface area contributed by atoms with Crippen molar-refractivity contribution in [3.63, 3.8) is 0 Å². The van der Waals surface area contributed by atoms with Crippen LogP contribution in [0.4, 0.5) is 0 Å². The van der Waals surface area contributed by atoms with Crippen LogP contribution < -0.4 is 20.5 Å². The largest absolute Gasteiger partial charge is 0.454 e.